The molecule has 1 saturated heterocycles. The number of hydrogen-bond acceptors (Lipinski definition) is 2. The Balaban J connectivity index is 1.99. The van der Waals surface area contributed by atoms with Crippen molar-refractivity contribution in [1.29, 1.82) is 0 Å². The third kappa shape index (κ3) is 3.70. The van der Waals surface area contributed by atoms with Gasteiger partial charge in [-0.15, -0.1) is 0 Å². The lowest BCUT2D eigenvalue weighted by atomic mass is 9.93. The van der Waals surface area contributed by atoms with Gasteiger partial charge in [-0.2, -0.15) is 0 Å². The number of ether oxygens (including phenoxy) is 1. The summed E-state index contributed by atoms with van der Waals surface area (Å²) in [6.07, 6.45) is 1.69. The van der Waals surface area contributed by atoms with Crippen molar-refractivity contribution in [2.45, 2.75) is 32.2 Å². The van der Waals surface area contributed by atoms with Gasteiger partial charge in [0, 0.05) is 23.2 Å². The van der Waals surface area contributed by atoms with Gasteiger partial charge in [0.15, 0.2) is 0 Å². The Bertz CT molecular complexity index is 471. The maximum atomic E-state index is 12.1. The average molecular weight is 327 g/mol. The molecule has 2 rings (SSSR count). The molecule has 2 N–H and O–H groups in total. The van der Waals surface area contributed by atoms with Gasteiger partial charge >= 0.3 is 6.03 Å². The fourth-order valence-electron chi connectivity index (χ4n) is 2.12. The number of halogens is 1. The molecule has 0 aromatic heterocycles. The number of nitrogens with one attached hydrogen (secondary N) is 2. The monoisotopic (exact) mass is 326 g/mol. The van der Waals surface area contributed by atoms with E-state index in [-0.39, 0.29) is 11.6 Å². The van der Waals surface area contributed by atoms with Crippen LogP contribution < -0.4 is 10.6 Å². The maximum absolute atomic E-state index is 12.1. The number of benzene rings is 1. The molecule has 0 atom stereocenters. The minimum absolute atomic E-state index is 0.171. The molecule has 19 heavy (non-hydrogen) atoms. The zero-order valence-corrected chi connectivity index (χ0v) is 12.8. The first-order valence-corrected chi connectivity index (χ1v) is 7.21. The standard InChI is InChI=1S/C14H19BrN2O2/c1-10-4-3-5-11(12(10)15)16-13(18)17-14(2)6-8-19-9-7-14/h3-5H,6-9H2,1-2H3,(H2,16,17,18). The summed E-state index contributed by atoms with van der Waals surface area (Å²) in [6.45, 7) is 5.45. The summed E-state index contributed by atoms with van der Waals surface area (Å²) < 4.78 is 6.24. The summed E-state index contributed by atoms with van der Waals surface area (Å²) in [5, 5.41) is 5.93. The van der Waals surface area contributed by atoms with Gasteiger partial charge in [-0.1, -0.05) is 12.1 Å². The zero-order chi connectivity index (χ0) is 13.9. The summed E-state index contributed by atoms with van der Waals surface area (Å²) in [5.74, 6) is 0. The van der Waals surface area contributed by atoms with Crippen molar-refractivity contribution in [3.8, 4) is 0 Å². The molecule has 104 valence electrons. The first-order chi connectivity index (χ1) is 9.00. The van der Waals surface area contributed by atoms with E-state index < -0.39 is 0 Å². The molecule has 0 radical (unpaired) electrons. The molecule has 1 aliphatic rings. The second kappa shape index (κ2) is 5.92. The molecule has 0 spiro atoms. The minimum Gasteiger partial charge on any atom is -0.381 e. The molecule has 1 aromatic rings. The van der Waals surface area contributed by atoms with Crippen molar-refractivity contribution in [3.63, 3.8) is 0 Å². The summed E-state index contributed by atoms with van der Waals surface area (Å²) in [6, 6.07) is 5.62. The van der Waals surface area contributed by atoms with Crippen LogP contribution >= 0.6 is 15.9 Å². The van der Waals surface area contributed by atoms with Crippen molar-refractivity contribution in [1.82, 2.24) is 5.32 Å². The number of urea groups is 1. The lowest BCUT2D eigenvalue weighted by Gasteiger charge is -2.34. The van der Waals surface area contributed by atoms with Crippen LogP contribution in [-0.2, 0) is 4.74 Å². The van der Waals surface area contributed by atoms with Crippen LogP contribution in [0.1, 0.15) is 25.3 Å². The smallest absolute Gasteiger partial charge is 0.319 e. The third-order valence-corrected chi connectivity index (χ3v) is 4.50. The summed E-state index contributed by atoms with van der Waals surface area (Å²) in [5.41, 5.74) is 1.70. The highest BCUT2D eigenvalue weighted by Gasteiger charge is 2.29. The Labute approximate surface area is 122 Å². The van der Waals surface area contributed by atoms with E-state index in [1.165, 1.54) is 0 Å². The predicted octanol–water partition coefficient (Wildman–Crippen LogP) is 3.45. The molecular weight excluding hydrogens is 308 g/mol. The van der Waals surface area contributed by atoms with Crippen molar-refractivity contribution < 1.29 is 9.53 Å². The SMILES string of the molecule is Cc1cccc(NC(=O)NC2(C)CCOCC2)c1Br. The van der Waals surface area contributed by atoms with E-state index in [4.69, 9.17) is 4.74 Å². The molecule has 1 aliphatic heterocycles. The van der Waals surface area contributed by atoms with Crippen LogP contribution in [0.3, 0.4) is 0 Å². The van der Waals surface area contributed by atoms with E-state index in [2.05, 4.69) is 33.5 Å². The number of anilines is 1. The number of carbonyl (C=O) groups is 1. The molecule has 1 heterocycles. The summed E-state index contributed by atoms with van der Waals surface area (Å²) in [4.78, 5) is 12.1. The van der Waals surface area contributed by atoms with E-state index in [0.29, 0.717) is 13.2 Å². The zero-order valence-electron chi connectivity index (χ0n) is 11.3. The Hall–Kier alpha value is -1.07. The summed E-state index contributed by atoms with van der Waals surface area (Å²) >= 11 is 3.48. The van der Waals surface area contributed by atoms with Gasteiger partial charge in [-0.3, -0.25) is 0 Å². The average Bonchev–Trinajstić information content (AvgIpc) is 2.35. The van der Waals surface area contributed by atoms with Gasteiger partial charge in [-0.05, 0) is 54.2 Å². The van der Waals surface area contributed by atoms with Crippen molar-refractivity contribution >= 4 is 27.6 Å². The van der Waals surface area contributed by atoms with E-state index >= 15 is 0 Å². The highest BCUT2D eigenvalue weighted by atomic mass is 79.9. The van der Waals surface area contributed by atoms with Crippen LogP contribution in [0.25, 0.3) is 0 Å². The molecule has 2 amide bonds. The van der Waals surface area contributed by atoms with Crippen molar-refractivity contribution in [2.75, 3.05) is 18.5 Å². The molecule has 0 saturated carbocycles. The van der Waals surface area contributed by atoms with E-state index in [1.54, 1.807) is 0 Å². The van der Waals surface area contributed by atoms with Crippen molar-refractivity contribution in [2.24, 2.45) is 0 Å². The third-order valence-electron chi connectivity index (χ3n) is 3.45. The Morgan fingerprint density at radius 2 is 2.05 bits per heavy atom. The first kappa shape index (κ1) is 14.3. The van der Waals surface area contributed by atoms with Crippen LogP contribution in [0, 0.1) is 6.92 Å². The highest BCUT2D eigenvalue weighted by Crippen LogP contribution is 2.26. The molecule has 0 aliphatic carbocycles. The maximum Gasteiger partial charge on any atom is 0.319 e. The molecule has 4 nitrogen and oxygen atoms in total. The van der Waals surface area contributed by atoms with Crippen LogP contribution in [0.4, 0.5) is 10.5 Å². The van der Waals surface area contributed by atoms with Gasteiger partial charge in [0.1, 0.15) is 0 Å². The number of aryl methyl sites for hydroxylation is 1. The van der Waals surface area contributed by atoms with E-state index in [0.717, 1.165) is 28.6 Å². The van der Waals surface area contributed by atoms with Gasteiger partial charge in [0.05, 0.1) is 5.69 Å². The van der Waals surface area contributed by atoms with Gasteiger partial charge in [0.2, 0.25) is 0 Å². The molecule has 0 bridgehead atoms. The number of rotatable bonds is 2. The fourth-order valence-corrected chi connectivity index (χ4v) is 2.48. The fraction of sp³-hybridized carbons (Fsp3) is 0.500. The summed E-state index contributed by atoms with van der Waals surface area (Å²) in [7, 11) is 0. The number of amides is 2. The quantitative estimate of drug-likeness (QED) is 0.874. The Morgan fingerprint density at radius 3 is 2.74 bits per heavy atom. The Morgan fingerprint density at radius 1 is 1.37 bits per heavy atom. The molecule has 1 fully saturated rings. The topological polar surface area (TPSA) is 50.4 Å². The first-order valence-electron chi connectivity index (χ1n) is 6.42. The Kier molecular flexibility index (Phi) is 4.47. The molecule has 0 unspecified atom stereocenters. The van der Waals surface area contributed by atoms with Crippen LogP contribution in [0.15, 0.2) is 22.7 Å². The van der Waals surface area contributed by atoms with Crippen LogP contribution in [0.5, 0.6) is 0 Å². The lowest BCUT2D eigenvalue weighted by molar-refractivity contribution is 0.0500. The van der Waals surface area contributed by atoms with Gasteiger partial charge < -0.3 is 15.4 Å². The second-order valence-electron chi connectivity index (χ2n) is 5.19. The van der Waals surface area contributed by atoms with Crippen molar-refractivity contribution in [3.05, 3.63) is 28.2 Å². The minimum atomic E-state index is -0.182. The van der Waals surface area contributed by atoms with Crippen LogP contribution in [0.2, 0.25) is 0 Å². The highest BCUT2D eigenvalue weighted by molar-refractivity contribution is 9.10. The van der Waals surface area contributed by atoms with Gasteiger partial charge in [-0.25, -0.2) is 4.79 Å². The molecule has 5 heteroatoms. The van der Waals surface area contributed by atoms with E-state index in [9.17, 15) is 4.79 Å². The number of hydrogen-bond donors (Lipinski definition) is 2. The van der Waals surface area contributed by atoms with Crippen LogP contribution in [-0.4, -0.2) is 24.8 Å². The molecule has 1 aromatic carbocycles. The van der Waals surface area contributed by atoms with Gasteiger partial charge in [0.25, 0.3) is 0 Å². The van der Waals surface area contributed by atoms with E-state index in [1.807, 2.05) is 25.1 Å². The number of carbonyl (C=O) groups excluding carboxylic acids is 1. The predicted molar refractivity (Wildman–Crippen MR) is 79.5 cm³/mol. The normalized spacial score (nSPS) is 17.8. The lowest BCUT2D eigenvalue weighted by Crippen LogP contribution is -2.51. The second-order valence-corrected chi connectivity index (χ2v) is 5.98. The molecular formula is C14H19BrN2O2. The largest absolute Gasteiger partial charge is 0.381 e.